The van der Waals surface area contributed by atoms with Crippen molar-refractivity contribution >= 4 is 17.5 Å². The SMILES string of the molecule is Cc1cc(C)n2nc(C)c(C(=O)N3CCC(c4nc(N)n[nH]4)CC3)c2n1. The van der Waals surface area contributed by atoms with Crippen LogP contribution in [-0.4, -0.2) is 53.7 Å². The van der Waals surface area contributed by atoms with E-state index in [2.05, 4.69) is 25.3 Å². The molecule has 0 atom stereocenters. The third-order valence-electron chi connectivity index (χ3n) is 4.97. The Hall–Kier alpha value is -2.97. The van der Waals surface area contributed by atoms with Gasteiger partial charge in [-0.2, -0.15) is 10.1 Å². The molecule has 1 aliphatic rings. The van der Waals surface area contributed by atoms with Crippen LogP contribution < -0.4 is 5.73 Å². The van der Waals surface area contributed by atoms with E-state index < -0.39 is 0 Å². The Morgan fingerprint density at radius 1 is 1.23 bits per heavy atom. The molecule has 0 aromatic carbocycles. The van der Waals surface area contributed by atoms with Crippen molar-refractivity contribution in [2.24, 2.45) is 0 Å². The third kappa shape index (κ3) is 2.69. The van der Waals surface area contributed by atoms with E-state index in [1.165, 1.54) is 0 Å². The Bertz CT molecular complexity index is 980. The molecule has 0 bridgehead atoms. The molecule has 3 aromatic heterocycles. The quantitative estimate of drug-likeness (QED) is 0.718. The van der Waals surface area contributed by atoms with Crippen molar-refractivity contribution in [1.82, 2.24) is 34.7 Å². The summed E-state index contributed by atoms with van der Waals surface area (Å²) in [5.74, 6) is 1.30. The largest absolute Gasteiger partial charge is 0.367 e. The van der Waals surface area contributed by atoms with E-state index in [1.807, 2.05) is 31.7 Å². The monoisotopic (exact) mass is 354 g/mol. The van der Waals surface area contributed by atoms with Crippen molar-refractivity contribution in [3.8, 4) is 0 Å². The molecular formula is C17H22N8O. The number of anilines is 1. The van der Waals surface area contributed by atoms with Gasteiger partial charge in [-0.05, 0) is 39.7 Å². The smallest absolute Gasteiger partial charge is 0.259 e. The average Bonchev–Trinajstić information content (AvgIpc) is 3.18. The number of carbonyl (C=O) groups excluding carboxylic acids is 1. The normalized spacial score (nSPS) is 15.7. The van der Waals surface area contributed by atoms with Crippen LogP contribution in [0, 0.1) is 20.8 Å². The zero-order valence-corrected chi connectivity index (χ0v) is 15.2. The first-order valence-corrected chi connectivity index (χ1v) is 8.74. The number of hydrogen-bond donors (Lipinski definition) is 2. The third-order valence-corrected chi connectivity index (χ3v) is 4.97. The molecule has 1 aliphatic heterocycles. The highest BCUT2D eigenvalue weighted by Crippen LogP contribution is 2.27. The van der Waals surface area contributed by atoms with Crippen LogP contribution in [0.3, 0.4) is 0 Å². The van der Waals surface area contributed by atoms with Crippen LogP contribution in [-0.2, 0) is 0 Å². The van der Waals surface area contributed by atoms with Crippen LogP contribution in [0.5, 0.6) is 0 Å². The number of likely N-dealkylation sites (tertiary alicyclic amines) is 1. The number of aromatic amines is 1. The summed E-state index contributed by atoms with van der Waals surface area (Å²) in [7, 11) is 0. The van der Waals surface area contributed by atoms with Crippen LogP contribution in [0.1, 0.15) is 52.0 Å². The molecule has 4 heterocycles. The van der Waals surface area contributed by atoms with Gasteiger partial charge in [-0.3, -0.25) is 9.89 Å². The number of carbonyl (C=O) groups is 1. The maximum atomic E-state index is 13.1. The number of nitrogens with zero attached hydrogens (tertiary/aromatic N) is 6. The Morgan fingerprint density at radius 2 is 1.96 bits per heavy atom. The fourth-order valence-corrected chi connectivity index (χ4v) is 3.66. The molecule has 4 rings (SSSR count). The minimum absolute atomic E-state index is 0.00877. The summed E-state index contributed by atoms with van der Waals surface area (Å²) in [6, 6.07) is 1.96. The number of rotatable bonds is 2. The first-order chi connectivity index (χ1) is 12.4. The lowest BCUT2D eigenvalue weighted by Gasteiger charge is -2.30. The van der Waals surface area contributed by atoms with E-state index in [0.29, 0.717) is 30.0 Å². The summed E-state index contributed by atoms with van der Waals surface area (Å²) < 4.78 is 1.75. The van der Waals surface area contributed by atoms with Gasteiger partial charge in [-0.25, -0.2) is 9.50 Å². The van der Waals surface area contributed by atoms with Gasteiger partial charge in [0.1, 0.15) is 11.4 Å². The number of nitrogen functional groups attached to an aromatic ring is 1. The molecule has 136 valence electrons. The Labute approximate surface area is 150 Å². The summed E-state index contributed by atoms with van der Waals surface area (Å²) in [5.41, 5.74) is 9.37. The molecule has 0 unspecified atom stereocenters. The van der Waals surface area contributed by atoms with E-state index in [-0.39, 0.29) is 17.8 Å². The summed E-state index contributed by atoms with van der Waals surface area (Å²) in [6.07, 6.45) is 1.65. The molecule has 3 aromatic rings. The number of aryl methyl sites for hydroxylation is 3. The molecule has 0 saturated carbocycles. The number of amides is 1. The van der Waals surface area contributed by atoms with Crippen molar-refractivity contribution < 1.29 is 4.79 Å². The molecule has 1 fully saturated rings. The average molecular weight is 354 g/mol. The zero-order chi connectivity index (χ0) is 18.4. The lowest BCUT2D eigenvalue weighted by atomic mass is 9.95. The zero-order valence-electron chi connectivity index (χ0n) is 15.2. The van der Waals surface area contributed by atoms with Crippen molar-refractivity contribution in [3.63, 3.8) is 0 Å². The van der Waals surface area contributed by atoms with Crippen molar-refractivity contribution in [2.45, 2.75) is 39.5 Å². The molecule has 1 saturated heterocycles. The van der Waals surface area contributed by atoms with Gasteiger partial charge < -0.3 is 10.6 Å². The molecule has 0 radical (unpaired) electrons. The van der Waals surface area contributed by atoms with Gasteiger partial charge in [0.25, 0.3) is 5.91 Å². The number of fused-ring (bicyclic) bond motifs is 1. The fraction of sp³-hybridized carbons (Fsp3) is 0.471. The molecule has 3 N–H and O–H groups in total. The second kappa shape index (κ2) is 6.08. The summed E-state index contributed by atoms with van der Waals surface area (Å²) in [4.78, 5) is 23.8. The van der Waals surface area contributed by atoms with E-state index in [0.717, 1.165) is 30.1 Å². The highest BCUT2D eigenvalue weighted by atomic mass is 16.2. The lowest BCUT2D eigenvalue weighted by Crippen LogP contribution is -2.38. The maximum absolute atomic E-state index is 13.1. The van der Waals surface area contributed by atoms with Gasteiger partial charge in [-0.15, -0.1) is 5.10 Å². The van der Waals surface area contributed by atoms with E-state index >= 15 is 0 Å². The fourth-order valence-electron chi connectivity index (χ4n) is 3.66. The number of piperidine rings is 1. The molecule has 0 aliphatic carbocycles. The van der Waals surface area contributed by atoms with Gasteiger partial charge in [0, 0.05) is 30.4 Å². The van der Waals surface area contributed by atoms with Crippen LogP contribution in [0.15, 0.2) is 6.07 Å². The van der Waals surface area contributed by atoms with E-state index in [9.17, 15) is 4.79 Å². The summed E-state index contributed by atoms with van der Waals surface area (Å²) in [5, 5.41) is 11.3. The van der Waals surface area contributed by atoms with Crippen LogP contribution >= 0.6 is 0 Å². The van der Waals surface area contributed by atoms with Gasteiger partial charge in [0.2, 0.25) is 5.95 Å². The summed E-state index contributed by atoms with van der Waals surface area (Å²) in [6.45, 7) is 7.08. The second-order valence-electron chi connectivity index (χ2n) is 6.88. The maximum Gasteiger partial charge on any atom is 0.259 e. The van der Waals surface area contributed by atoms with Crippen molar-refractivity contribution in [3.05, 3.63) is 34.5 Å². The van der Waals surface area contributed by atoms with Gasteiger partial charge in [0.15, 0.2) is 5.65 Å². The minimum atomic E-state index is -0.00877. The lowest BCUT2D eigenvalue weighted by molar-refractivity contribution is 0.0712. The standard InChI is InChI=1S/C17H22N8O/c1-9-8-10(2)25-15(19-9)13(11(3)23-25)16(26)24-6-4-12(5-7-24)14-20-17(18)22-21-14/h8,12H,4-7H2,1-3H3,(H3,18,20,21,22). The van der Waals surface area contributed by atoms with Gasteiger partial charge in [0.05, 0.1) is 5.69 Å². The molecule has 26 heavy (non-hydrogen) atoms. The van der Waals surface area contributed by atoms with Crippen LogP contribution in [0.2, 0.25) is 0 Å². The molecule has 1 amide bonds. The summed E-state index contributed by atoms with van der Waals surface area (Å²) >= 11 is 0. The minimum Gasteiger partial charge on any atom is -0.367 e. The van der Waals surface area contributed by atoms with Crippen LogP contribution in [0.25, 0.3) is 5.65 Å². The predicted molar refractivity (Wildman–Crippen MR) is 95.9 cm³/mol. The highest BCUT2D eigenvalue weighted by molar-refractivity contribution is 6.01. The number of nitrogens with one attached hydrogen (secondary N) is 1. The predicted octanol–water partition coefficient (Wildman–Crippen LogP) is 1.37. The molecule has 9 heteroatoms. The van der Waals surface area contributed by atoms with Gasteiger partial charge >= 0.3 is 0 Å². The Balaban J connectivity index is 1.57. The van der Waals surface area contributed by atoms with E-state index in [4.69, 9.17) is 5.73 Å². The molecule has 9 nitrogen and oxygen atoms in total. The number of hydrogen-bond acceptors (Lipinski definition) is 6. The second-order valence-corrected chi connectivity index (χ2v) is 6.88. The number of aromatic nitrogens is 6. The first kappa shape index (κ1) is 16.5. The van der Waals surface area contributed by atoms with Crippen molar-refractivity contribution in [2.75, 3.05) is 18.8 Å². The topological polar surface area (TPSA) is 118 Å². The number of nitrogens with two attached hydrogens (primary N) is 1. The molecule has 0 spiro atoms. The number of H-pyrrole nitrogens is 1. The van der Waals surface area contributed by atoms with Gasteiger partial charge in [-0.1, -0.05) is 0 Å². The van der Waals surface area contributed by atoms with Crippen LogP contribution in [0.4, 0.5) is 5.95 Å². The van der Waals surface area contributed by atoms with Crippen molar-refractivity contribution in [1.29, 1.82) is 0 Å². The first-order valence-electron chi connectivity index (χ1n) is 8.74. The van der Waals surface area contributed by atoms with E-state index in [1.54, 1.807) is 4.52 Å². The Morgan fingerprint density at radius 3 is 2.62 bits per heavy atom. The Kier molecular flexibility index (Phi) is 3.86. The molecular weight excluding hydrogens is 332 g/mol. The highest BCUT2D eigenvalue weighted by Gasteiger charge is 2.29.